The number of halogens is 3. The summed E-state index contributed by atoms with van der Waals surface area (Å²) in [5.74, 6) is 0.399. The largest absolute Gasteiger partial charge is 0.488 e. The molecule has 4 rings (SSSR count). The van der Waals surface area contributed by atoms with E-state index in [4.69, 9.17) is 27.9 Å². The predicted molar refractivity (Wildman–Crippen MR) is 142 cm³/mol. The molecule has 0 aliphatic carbocycles. The van der Waals surface area contributed by atoms with E-state index in [1.54, 1.807) is 18.2 Å². The van der Waals surface area contributed by atoms with Crippen molar-refractivity contribution in [2.24, 2.45) is 0 Å². The van der Waals surface area contributed by atoms with Crippen LogP contribution in [0.4, 0.5) is 4.79 Å². The van der Waals surface area contributed by atoms with Gasteiger partial charge in [-0.3, -0.25) is 14.5 Å². The molecule has 174 valence electrons. The van der Waals surface area contributed by atoms with Crippen molar-refractivity contribution < 1.29 is 14.3 Å². The van der Waals surface area contributed by atoms with Crippen LogP contribution in [0.1, 0.15) is 23.1 Å². The van der Waals surface area contributed by atoms with Crippen LogP contribution in [0, 0.1) is 0 Å². The fourth-order valence-electron chi connectivity index (χ4n) is 3.44. The number of nitrogens with zero attached hydrogens (tertiary/aromatic N) is 1. The maximum atomic E-state index is 12.8. The lowest BCUT2D eigenvalue weighted by atomic mass is 10.1. The molecule has 8 heteroatoms. The SMILES string of the molecule is O=C1S/C(=C/c2ccc(OCc3ccc(Cl)c(Cl)c3)c(Br)c2)C(=O)N1CCCc1ccccc1. The van der Waals surface area contributed by atoms with E-state index < -0.39 is 0 Å². The molecular formula is C26H20BrCl2NO3S. The normalized spacial score (nSPS) is 14.8. The highest BCUT2D eigenvalue weighted by atomic mass is 79.9. The Morgan fingerprint density at radius 3 is 2.47 bits per heavy atom. The third-order valence-electron chi connectivity index (χ3n) is 5.20. The number of benzene rings is 3. The zero-order valence-electron chi connectivity index (χ0n) is 18.0. The van der Waals surface area contributed by atoms with Gasteiger partial charge >= 0.3 is 0 Å². The third kappa shape index (κ3) is 6.25. The minimum absolute atomic E-state index is 0.232. The molecule has 34 heavy (non-hydrogen) atoms. The monoisotopic (exact) mass is 575 g/mol. The lowest BCUT2D eigenvalue weighted by molar-refractivity contribution is -0.122. The lowest BCUT2D eigenvalue weighted by Crippen LogP contribution is -2.29. The van der Waals surface area contributed by atoms with Crippen molar-refractivity contribution >= 4 is 68.1 Å². The van der Waals surface area contributed by atoms with E-state index in [1.165, 1.54) is 10.5 Å². The number of rotatable bonds is 8. The molecule has 1 saturated heterocycles. The molecule has 0 N–H and O–H groups in total. The number of imide groups is 1. The van der Waals surface area contributed by atoms with Gasteiger partial charge < -0.3 is 4.74 Å². The van der Waals surface area contributed by atoms with Crippen LogP contribution < -0.4 is 4.74 Å². The number of carbonyl (C=O) groups is 2. The highest BCUT2D eigenvalue weighted by Crippen LogP contribution is 2.34. The molecule has 0 unspecified atom stereocenters. The highest BCUT2D eigenvalue weighted by molar-refractivity contribution is 9.10. The Hall–Kier alpha value is -2.25. The Morgan fingerprint density at radius 2 is 1.74 bits per heavy atom. The van der Waals surface area contributed by atoms with E-state index in [2.05, 4.69) is 15.9 Å². The molecule has 3 aromatic rings. The van der Waals surface area contributed by atoms with Gasteiger partial charge in [0.15, 0.2) is 0 Å². The minimum Gasteiger partial charge on any atom is -0.488 e. The van der Waals surface area contributed by atoms with Crippen molar-refractivity contribution in [3.63, 3.8) is 0 Å². The molecular weight excluding hydrogens is 557 g/mol. The van der Waals surface area contributed by atoms with Crippen LogP contribution in [0.25, 0.3) is 6.08 Å². The Bertz CT molecular complexity index is 1250. The van der Waals surface area contributed by atoms with Gasteiger partial charge in [0, 0.05) is 6.54 Å². The molecule has 3 aromatic carbocycles. The lowest BCUT2D eigenvalue weighted by Gasteiger charge is -2.12. The summed E-state index contributed by atoms with van der Waals surface area (Å²) in [7, 11) is 0. The van der Waals surface area contributed by atoms with E-state index in [9.17, 15) is 9.59 Å². The van der Waals surface area contributed by atoms with E-state index in [0.29, 0.717) is 33.9 Å². The van der Waals surface area contributed by atoms with E-state index >= 15 is 0 Å². The average Bonchev–Trinajstić information content (AvgIpc) is 3.08. The summed E-state index contributed by atoms with van der Waals surface area (Å²) in [4.78, 5) is 26.9. The van der Waals surface area contributed by atoms with Crippen LogP contribution in [0.15, 0.2) is 76.1 Å². The molecule has 2 amide bonds. The second-order valence-electron chi connectivity index (χ2n) is 7.65. The van der Waals surface area contributed by atoms with Gasteiger partial charge in [-0.05, 0) is 87.6 Å². The van der Waals surface area contributed by atoms with Crippen molar-refractivity contribution in [2.75, 3.05) is 6.54 Å². The summed E-state index contributed by atoms with van der Waals surface area (Å²) in [5.41, 5.74) is 2.88. The number of carbonyl (C=O) groups excluding carboxylic acids is 2. The van der Waals surface area contributed by atoms with Gasteiger partial charge in [-0.25, -0.2) is 0 Å². The van der Waals surface area contributed by atoms with Crippen LogP contribution in [0.5, 0.6) is 5.75 Å². The molecule has 0 spiro atoms. The first kappa shape index (κ1) is 24.9. The molecule has 1 heterocycles. The first-order chi connectivity index (χ1) is 16.4. The number of ether oxygens (including phenoxy) is 1. The first-order valence-corrected chi connectivity index (χ1v) is 12.9. The van der Waals surface area contributed by atoms with Crippen LogP contribution in [0.2, 0.25) is 10.0 Å². The molecule has 4 nitrogen and oxygen atoms in total. The summed E-state index contributed by atoms with van der Waals surface area (Å²) in [6, 6.07) is 20.9. The van der Waals surface area contributed by atoms with Gasteiger partial charge in [0.2, 0.25) is 0 Å². The quantitative estimate of drug-likeness (QED) is 0.255. The minimum atomic E-state index is -0.251. The summed E-state index contributed by atoms with van der Waals surface area (Å²) in [6.07, 6.45) is 3.28. The number of hydrogen-bond acceptors (Lipinski definition) is 4. The van der Waals surface area contributed by atoms with Gasteiger partial charge in [0.1, 0.15) is 12.4 Å². The van der Waals surface area contributed by atoms with Crippen LogP contribution in [-0.2, 0) is 17.8 Å². The van der Waals surface area contributed by atoms with Crippen LogP contribution in [-0.4, -0.2) is 22.6 Å². The van der Waals surface area contributed by atoms with Crippen molar-refractivity contribution in [3.05, 3.63) is 103 Å². The predicted octanol–water partition coefficient (Wildman–Crippen LogP) is 8.00. The Morgan fingerprint density at radius 1 is 0.941 bits per heavy atom. The molecule has 1 aliphatic rings. The van der Waals surface area contributed by atoms with Gasteiger partial charge in [-0.1, -0.05) is 65.7 Å². The van der Waals surface area contributed by atoms with Gasteiger partial charge in [-0.2, -0.15) is 0 Å². The maximum absolute atomic E-state index is 12.8. The molecule has 0 bridgehead atoms. The first-order valence-electron chi connectivity index (χ1n) is 10.6. The van der Waals surface area contributed by atoms with E-state index in [1.807, 2.05) is 54.6 Å². The topological polar surface area (TPSA) is 46.6 Å². The average molecular weight is 577 g/mol. The summed E-state index contributed by atoms with van der Waals surface area (Å²) in [5, 5.41) is 0.743. The molecule has 0 atom stereocenters. The second-order valence-corrected chi connectivity index (χ2v) is 10.3. The van der Waals surface area contributed by atoms with Crippen molar-refractivity contribution in [1.82, 2.24) is 4.90 Å². The Labute approximate surface area is 221 Å². The van der Waals surface area contributed by atoms with Crippen LogP contribution >= 0.6 is 50.9 Å². The summed E-state index contributed by atoms with van der Waals surface area (Å²) < 4.78 is 6.61. The van der Waals surface area contributed by atoms with Gasteiger partial charge in [0.05, 0.1) is 19.4 Å². The molecule has 0 aromatic heterocycles. The van der Waals surface area contributed by atoms with E-state index in [0.717, 1.165) is 40.2 Å². The second kappa shape index (κ2) is 11.5. The van der Waals surface area contributed by atoms with Crippen molar-refractivity contribution in [2.45, 2.75) is 19.4 Å². The molecule has 1 fully saturated rings. The van der Waals surface area contributed by atoms with E-state index in [-0.39, 0.29) is 11.1 Å². The molecule has 1 aliphatic heterocycles. The fraction of sp³-hybridized carbons (Fsp3) is 0.154. The zero-order valence-corrected chi connectivity index (χ0v) is 21.9. The highest BCUT2D eigenvalue weighted by Gasteiger charge is 2.34. The Balaban J connectivity index is 1.37. The fourth-order valence-corrected chi connectivity index (χ4v) is 5.14. The zero-order chi connectivity index (χ0) is 24.1. The van der Waals surface area contributed by atoms with Crippen molar-refractivity contribution in [3.8, 4) is 5.75 Å². The number of aryl methyl sites for hydroxylation is 1. The van der Waals surface area contributed by atoms with Crippen molar-refractivity contribution in [1.29, 1.82) is 0 Å². The summed E-state index contributed by atoms with van der Waals surface area (Å²) in [6.45, 7) is 0.735. The Kier molecular flexibility index (Phi) is 8.37. The maximum Gasteiger partial charge on any atom is 0.293 e. The number of hydrogen-bond donors (Lipinski definition) is 0. The molecule has 0 saturated carbocycles. The van der Waals surface area contributed by atoms with Crippen LogP contribution in [0.3, 0.4) is 0 Å². The number of thioether (sulfide) groups is 1. The van der Waals surface area contributed by atoms with Gasteiger partial charge in [-0.15, -0.1) is 0 Å². The smallest absolute Gasteiger partial charge is 0.293 e. The summed E-state index contributed by atoms with van der Waals surface area (Å²) >= 11 is 16.5. The molecule has 0 radical (unpaired) electrons. The third-order valence-corrected chi connectivity index (χ3v) is 7.46. The number of amides is 2. The standard InChI is InChI=1S/C26H20BrCl2NO3S/c27-20-13-18(9-11-23(20)33-16-19-8-10-21(28)22(29)14-19)15-24-25(31)30(26(32)34-24)12-4-7-17-5-2-1-3-6-17/h1-3,5-6,8-11,13-15H,4,7,12,16H2/b24-15+. The van der Waals surface area contributed by atoms with Gasteiger partial charge in [0.25, 0.3) is 11.1 Å².